The number of hydrogen-bond donors (Lipinski definition) is 1. The molecule has 23 heavy (non-hydrogen) atoms. The van der Waals surface area contributed by atoms with Crippen LogP contribution in [0.15, 0.2) is 53.4 Å². The number of amides is 1. The van der Waals surface area contributed by atoms with Crippen LogP contribution in [0.1, 0.15) is 11.6 Å². The quantitative estimate of drug-likeness (QED) is 0.826. The van der Waals surface area contributed by atoms with Crippen molar-refractivity contribution in [1.29, 1.82) is 5.26 Å². The molecule has 0 radical (unpaired) electrons. The third-order valence-electron chi connectivity index (χ3n) is 3.06. The molecule has 0 fully saturated rings. The predicted octanol–water partition coefficient (Wildman–Crippen LogP) is 3.31. The van der Waals surface area contributed by atoms with Crippen molar-refractivity contribution in [3.8, 4) is 11.8 Å². The lowest BCUT2D eigenvalue weighted by Gasteiger charge is -2.12. The lowest BCUT2D eigenvalue weighted by Crippen LogP contribution is -2.29. The predicted molar refractivity (Wildman–Crippen MR) is 86.6 cm³/mol. The number of carbonyl (C=O) groups is 1. The summed E-state index contributed by atoms with van der Waals surface area (Å²) in [7, 11) is 1.57. The van der Waals surface area contributed by atoms with Crippen LogP contribution in [-0.2, 0) is 4.79 Å². The molecule has 6 heteroatoms. The van der Waals surface area contributed by atoms with Crippen molar-refractivity contribution >= 4 is 17.7 Å². The highest BCUT2D eigenvalue weighted by Gasteiger charge is 2.17. The first-order chi connectivity index (χ1) is 11.1. The second kappa shape index (κ2) is 8.20. The third-order valence-corrected chi connectivity index (χ3v) is 4.06. The van der Waals surface area contributed by atoms with Gasteiger partial charge in [-0.15, -0.1) is 11.8 Å². The van der Waals surface area contributed by atoms with E-state index in [1.165, 1.54) is 30.0 Å². The van der Waals surface area contributed by atoms with Gasteiger partial charge in [0.1, 0.15) is 17.6 Å². The number of benzene rings is 2. The standard InChI is InChI=1S/C17H15FN2O2S/c1-22-12-5-4-6-13(9-12)23-11-17(21)20-16(10-19)14-7-2-3-8-15(14)18/h2-9,16H,11H2,1H3,(H,20,21)/t16-/m0/s1. The third kappa shape index (κ3) is 4.73. The minimum Gasteiger partial charge on any atom is -0.497 e. The van der Waals surface area contributed by atoms with Crippen molar-refractivity contribution in [2.45, 2.75) is 10.9 Å². The second-order valence-electron chi connectivity index (χ2n) is 4.62. The highest BCUT2D eigenvalue weighted by atomic mass is 32.2. The van der Waals surface area contributed by atoms with Gasteiger partial charge in [-0.3, -0.25) is 4.79 Å². The highest BCUT2D eigenvalue weighted by Crippen LogP contribution is 2.23. The van der Waals surface area contributed by atoms with Crippen LogP contribution in [0.2, 0.25) is 0 Å². The molecule has 2 aromatic rings. The zero-order valence-corrected chi connectivity index (χ0v) is 13.3. The zero-order valence-electron chi connectivity index (χ0n) is 12.5. The molecule has 118 valence electrons. The molecular formula is C17H15FN2O2S. The number of halogens is 1. The Balaban J connectivity index is 1.95. The van der Waals surface area contributed by atoms with E-state index < -0.39 is 11.9 Å². The normalized spacial score (nSPS) is 11.3. The molecular weight excluding hydrogens is 315 g/mol. The average Bonchev–Trinajstić information content (AvgIpc) is 2.59. The van der Waals surface area contributed by atoms with E-state index in [0.717, 1.165) is 4.90 Å². The molecule has 0 aliphatic heterocycles. The van der Waals surface area contributed by atoms with Gasteiger partial charge >= 0.3 is 0 Å². The van der Waals surface area contributed by atoms with Crippen LogP contribution < -0.4 is 10.1 Å². The maximum absolute atomic E-state index is 13.7. The van der Waals surface area contributed by atoms with Crippen LogP contribution >= 0.6 is 11.8 Å². The number of carbonyl (C=O) groups excluding carboxylic acids is 1. The molecule has 4 nitrogen and oxygen atoms in total. The summed E-state index contributed by atoms with van der Waals surface area (Å²) in [6, 6.07) is 14.1. The van der Waals surface area contributed by atoms with Gasteiger partial charge in [0.05, 0.1) is 18.9 Å². The maximum Gasteiger partial charge on any atom is 0.231 e. The van der Waals surface area contributed by atoms with E-state index in [1.54, 1.807) is 13.2 Å². The van der Waals surface area contributed by atoms with E-state index in [1.807, 2.05) is 30.3 Å². The Morgan fingerprint density at radius 2 is 2.13 bits per heavy atom. The number of methoxy groups -OCH3 is 1. The van der Waals surface area contributed by atoms with Crippen LogP contribution in [0, 0.1) is 17.1 Å². The first kappa shape index (κ1) is 16.8. The molecule has 0 aliphatic rings. The van der Waals surface area contributed by atoms with Gasteiger partial charge in [-0.05, 0) is 24.3 Å². The van der Waals surface area contributed by atoms with Gasteiger partial charge in [0.15, 0.2) is 0 Å². The van der Waals surface area contributed by atoms with Gasteiger partial charge < -0.3 is 10.1 Å². The summed E-state index contributed by atoms with van der Waals surface area (Å²) in [5.74, 6) is -0.0242. The van der Waals surface area contributed by atoms with Crippen LogP contribution in [-0.4, -0.2) is 18.8 Å². The Morgan fingerprint density at radius 1 is 1.35 bits per heavy atom. The summed E-state index contributed by atoms with van der Waals surface area (Å²) in [4.78, 5) is 12.9. The molecule has 1 atom stereocenters. The first-order valence-corrected chi connectivity index (χ1v) is 7.83. The number of nitrogens with zero attached hydrogens (tertiary/aromatic N) is 1. The molecule has 2 rings (SSSR count). The summed E-state index contributed by atoms with van der Waals surface area (Å²) in [6.07, 6.45) is 0. The molecule has 0 saturated carbocycles. The van der Waals surface area contributed by atoms with Gasteiger partial charge in [0.25, 0.3) is 0 Å². The molecule has 0 aliphatic carbocycles. The highest BCUT2D eigenvalue weighted by molar-refractivity contribution is 8.00. The lowest BCUT2D eigenvalue weighted by molar-refractivity contribution is -0.118. The number of nitrogens with one attached hydrogen (secondary N) is 1. The fourth-order valence-corrected chi connectivity index (χ4v) is 2.69. The van der Waals surface area contributed by atoms with Gasteiger partial charge in [-0.2, -0.15) is 5.26 Å². The monoisotopic (exact) mass is 330 g/mol. The molecule has 0 unspecified atom stereocenters. The zero-order chi connectivity index (χ0) is 16.7. The Morgan fingerprint density at radius 3 is 2.83 bits per heavy atom. The van der Waals surface area contributed by atoms with Gasteiger partial charge in [0, 0.05) is 10.5 Å². The smallest absolute Gasteiger partial charge is 0.231 e. The van der Waals surface area contributed by atoms with Crippen molar-refractivity contribution < 1.29 is 13.9 Å². The molecule has 1 amide bonds. The summed E-state index contributed by atoms with van der Waals surface area (Å²) in [5.41, 5.74) is 0.162. The lowest BCUT2D eigenvalue weighted by atomic mass is 10.1. The van der Waals surface area contributed by atoms with Crippen molar-refractivity contribution in [3.63, 3.8) is 0 Å². The molecule has 0 heterocycles. The first-order valence-electron chi connectivity index (χ1n) is 6.84. The van der Waals surface area contributed by atoms with E-state index in [4.69, 9.17) is 10.00 Å². The minimum absolute atomic E-state index is 0.125. The second-order valence-corrected chi connectivity index (χ2v) is 5.67. The van der Waals surface area contributed by atoms with E-state index in [0.29, 0.717) is 5.75 Å². The van der Waals surface area contributed by atoms with Crippen LogP contribution in [0.3, 0.4) is 0 Å². The van der Waals surface area contributed by atoms with E-state index in [-0.39, 0.29) is 17.2 Å². The Hall–Kier alpha value is -2.52. The maximum atomic E-state index is 13.7. The summed E-state index contributed by atoms with van der Waals surface area (Å²) in [5, 5.41) is 11.7. The molecule has 0 bridgehead atoms. The van der Waals surface area contributed by atoms with Crippen molar-refractivity contribution in [2.75, 3.05) is 12.9 Å². The number of rotatable bonds is 6. The number of thioether (sulfide) groups is 1. The van der Waals surface area contributed by atoms with Gasteiger partial charge in [-0.1, -0.05) is 24.3 Å². The summed E-state index contributed by atoms with van der Waals surface area (Å²) in [6.45, 7) is 0. The van der Waals surface area contributed by atoms with Crippen molar-refractivity contribution in [1.82, 2.24) is 5.32 Å². The van der Waals surface area contributed by atoms with Gasteiger partial charge in [0.2, 0.25) is 5.91 Å². The van der Waals surface area contributed by atoms with Gasteiger partial charge in [-0.25, -0.2) is 4.39 Å². The fraction of sp³-hybridized carbons (Fsp3) is 0.176. The molecule has 0 spiro atoms. The SMILES string of the molecule is COc1cccc(SCC(=O)N[C@@H](C#N)c2ccccc2F)c1. The number of ether oxygens (including phenoxy) is 1. The topological polar surface area (TPSA) is 62.1 Å². The number of hydrogen-bond acceptors (Lipinski definition) is 4. The molecule has 0 aromatic heterocycles. The van der Waals surface area contributed by atoms with Crippen LogP contribution in [0.4, 0.5) is 4.39 Å². The molecule has 1 N–H and O–H groups in total. The van der Waals surface area contributed by atoms with Crippen molar-refractivity contribution in [3.05, 3.63) is 59.9 Å². The molecule has 0 saturated heterocycles. The van der Waals surface area contributed by atoms with E-state index in [9.17, 15) is 9.18 Å². The average molecular weight is 330 g/mol. The van der Waals surface area contributed by atoms with E-state index in [2.05, 4.69) is 5.32 Å². The Labute approximate surface area is 138 Å². The van der Waals surface area contributed by atoms with E-state index >= 15 is 0 Å². The fourth-order valence-electron chi connectivity index (χ4n) is 1.93. The van der Waals surface area contributed by atoms with Crippen molar-refractivity contribution in [2.24, 2.45) is 0 Å². The number of nitriles is 1. The molecule has 2 aromatic carbocycles. The Kier molecular flexibility index (Phi) is 6.01. The van der Waals surface area contributed by atoms with Crippen LogP contribution in [0.5, 0.6) is 5.75 Å². The Bertz CT molecular complexity index is 731. The largest absolute Gasteiger partial charge is 0.497 e. The summed E-state index contributed by atoms with van der Waals surface area (Å²) < 4.78 is 18.8. The minimum atomic E-state index is -1.00. The summed E-state index contributed by atoms with van der Waals surface area (Å²) >= 11 is 1.31. The van der Waals surface area contributed by atoms with Crippen LogP contribution in [0.25, 0.3) is 0 Å².